The molecule has 0 radical (unpaired) electrons. The number of fused-ring (bicyclic) bond motifs is 1. The van der Waals surface area contributed by atoms with Crippen molar-refractivity contribution in [3.63, 3.8) is 0 Å². The molecule has 1 unspecified atom stereocenters. The van der Waals surface area contributed by atoms with Crippen LogP contribution in [0.4, 0.5) is 19.3 Å². The molecule has 2 N–H and O–H groups in total. The number of urea groups is 1. The highest BCUT2D eigenvalue weighted by molar-refractivity contribution is 8.01. The topological polar surface area (TPSA) is 98.8 Å². The molecule has 2 fully saturated rings. The second-order valence-electron chi connectivity index (χ2n) is 10.3. The Kier molecular flexibility index (Phi) is 6.01. The Balaban J connectivity index is 1.35. The first-order valence-corrected chi connectivity index (χ1v) is 12.8. The molecule has 3 aliphatic rings. The summed E-state index contributed by atoms with van der Waals surface area (Å²) < 4.78 is 27.4. The predicted octanol–water partition coefficient (Wildman–Crippen LogP) is 3.02. The van der Waals surface area contributed by atoms with Crippen molar-refractivity contribution in [3.05, 3.63) is 64.7 Å². The number of likely N-dealkylation sites (N-methyl/N-ethyl adjacent to an activating group) is 1. The van der Waals surface area contributed by atoms with Crippen LogP contribution in [0.3, 0.4) is 0 Å². The summed E-state index contributed by atoms with van der Waals surface area (Å²) in [7, 11) is 1.59. The number of benzene rings is 2. The van der Waals surface area contributed by atoms with Gasteiger partial charge < -0.3 is 15.1 Å². The highest BCUT2D eigenvalue weighted by Crippen LogP contribution is 2.45. The standard InChI is InChI=1S/C26H26F2N4O4S/c1-25(2)22(15-6-17(27)9-18(28)7-15)32(21(34)13-37-25)12-20(33)29-19-5-4-14-10-26(11-16(14)8-19)23(35)30-24(36)31(26)3/h4-9,22H,10-13H2,1-3H3,(H,29,33)(H,30,35,36)/t22-,26?/m1/s1. The lowest BCUT2D eigenvalue weighted by atomic mass is 9.92. The summed E-state index contributed by atoms with van der Waals surface area (Å²) in [6.45, 7) is 3.45. The molecule has 2 aromatic carbocycles. The summed E-state index contributed by atoms with van der Waals surface area (Å²) in [6.07, 6.45) is 0.703. The van der Waals surface area contributed by atoms with Crippen LogP contribution >= 0.6 is 11.8 Å². The van der Waals surface area contributed by atoms with Crippen molar-refractivity contribution in [2.75, 3.05) is 24.7 Å². The molecule has 1 aliphatic carbocycles. The zero-order valence-corrected chi connectivity index (χ0v) is 21.4. The van der Waals surface area contributed by atoms with Crippen molar-refractivity contribution in [3.8, 4) is 0 Å². The molecule has 2 aliphatic heterocycles. The van der Waals surface area contributed by atoms with Crippen molar-refractivity contribution in [2.45, 2.75) is 43.0 Å². The highest BCUT2D eigenvalue weighted by Gasteiger charge is 2.54. The van der Waals surface area contributed by atoms with E-state index in [1.807, 2.05) is 19.9 Å². The van der Waals surface area contributed by atoms with Crippen LogP contribution in [0.15, 0.2) is 36.4 Å². The zero-order valence-electron chi connectivity index (χ0n) is 20.6. The van der Waals surface area contributed by atoms with E-state index in [1.54, 1.807) is 19.2 Å². The van der Waals surface area contributed by atoms with Crippen LogP contribution in [-0.4, -0.2) is 63.2 Å². The Bertz CT molecular complexity index is 1330. The monoisotopic (exact) mass is 528 g/mol. The van der Waals surface area contributed by atoms with Crippen molar-refractivity contribution in [2.24, 2.45) is 0 Å². The molecule has 1 spiro atoms. The molecule has 8 nitrogen and oxygen atoms in total. The van der Waals surface area contributed by atoms with Gasteiger partial charge in [-0.25, -0.2) is 13.6 Å². The minimum absolute atomic E-state index is 0.143. The van der Waals surface area contributed by atoms with Gasteiger partial charge in [-0.2, -0.15) is 0 Å². The maximum atomic E-state index is 14.0. The third kappa shape index (κ3) is 4.35. The summed E-state index contributed by atoms with van der Waals surface area (Å²) in [5.74, 6) is -2.47. The molecule has 2 heterocycles. The maximum Gasteiger partial charge on any atom is 0.324 e. The number of halogens is 2. The molecule has 2 atom stereocenters. The molecule has 5 amide bonds. The number of anilines is 1. The van der Waals surface area contributed by atoms with Crippen LogP contribution in [0.25, 0.3) is 0 Å². The first kappa shape index (κ1) is 25.2. The Morgan fingerprint density at radius 3 is 2.41 bits per heavy atom. The van der Waals surface area contributed by atoms with Crippen molar-refractivity contribution in [1.82, 2.24) is 15.1 Å². The fourth-order valence-corrected chi connectivity index (χ4v) is 6.64. The van der Waals surface area contributed by atoms with Gasteiger partial charge in [0.05, 0.1) is 11.8 Å². The summed E-state index contributed by atoms with van der Waals surface area (Å²) in [4.78, 5) is 53.2. The van der Waals surface area contributed by atoms with Gasteiger partial charge in [0.1, 0.15) is 23.7 Å². The Morgan fingerprint density at radius 1 is 1.08 bits per heavy atom. The SMILES string of the molecule is CN1C(=O)NC(=O)C12Cc1ccc(NC(=O)CN3C(=O)CSC(C)(C)[C@H]3c3cc(F)cc(F)c3)cc1C2. The molecule has 0 bridgehead atoms. The van der Waals surface area contributed by atoms with Gasteiger partial charge in [0.25, 0.3) is 5.91 Å². The van der Waals surface area contributed by atoms with Crippen LogP contribution in [-0.2, 0) is 27.2 Å². The van der Waals surface area contributed by atoms with Crippen LogP contribution in [0.5, 0.6) is 0 Å². The third-order valence-corrected chi connectivity index (χ3v) is 8.78. The van der Waals surface area contributed by atoms with Crippen LogP contribution in [0.1, 0.15) is 36.6 Å². The van der Waals surface area contributed by atoms with E-state index in [9.17, 15) is 28.0 Å². The molecule has 2 aromatic rings. The van der Waals surface area contributed by atoms with Crippen molar-refractivity contribution >= 4 is 41.2 Å². The first-order chi connectivity index (χ1) is 17.4. The molecule has 5 rings (SSSR count). The Hall–Kier alpha value is -3.47. The van der Waals surface area contributed by atoms with Gasteiger partial charge in [-0.1, -0.05) is 6.07 Å². The average molecular weight is 529 g/mol. The van der Waals surface area contributed by atoms with E-state index in [2.05, 4.69) is 10.6 Å². The van der Waals surface area contributed by atoms with Gasteiger partial charge in [0.2, 0.25) is 11.8 Å². The summed E-state index contributed by atoms with van der Waals surface area (Å²) >= 11 is 1.37. The van der Waals surface area contributed by atoms with Gasteiger partial charge in [-0.15, -0.1) is 11.8 Å². The van der Waals surface area contributed by atoms with Crippen molar-refractivity contribution in [1.29, 1.82) is 0 Å². The normalized spacial score (nSPS) is 24.5. The molecular formula is C26H26F2N4O4S. The lowest BCUT2D eigenvalue weighted by Gasteiger charge is -2.45. The summed E-state index contributed by atoms with van der Waals surface area (Å²) in [6, 6.07) is 7.29. The van der Waals surface area contributed by atoms with E-state index in [1.165, 1.54) is 33.7 Å². The van der Waals surface area contributed by atoms with Gasteiger partial charge in [-0.05, 0) is 54.8 Å². The van der Waals surface area contributed by atoms with E-state index in [-0.39, 0.29) is 29.7 Å². The first-order valence-electron chi connectivity index (χ1n) is 11.8. The highest BCUT2D eigenvalue weighted by atomic mass is 32.2. The molecule has 0 aromatic heterocycles. The molecule has 194 valence electrons. The van der Waals surface area contributed by atoms with Gasteiger partial charge in [0, 0.05) is 36.4 Å². The van der Waals surface area contributed by atoms with Gasteiger partial charge in [0.15, 0.2) is 0 Å². The maximum absolute atomic E-state index is 14.0. The fraction of sp³-hybridized carbons (Fsp3) is 0.385. The van der Waals surface area contributed by atoms with E-state index in [0.29, 0.717) is 18.5 Å². The summed E-state index contributed by atoms with van der Waals surface area (Å²) in [5, 5.41) is 5.16. The number of rotatable bonds is 4. The number of hydrogen-bond donors (Lipinski definition) is 2. The average Bonchev–Trinajstić information content (AvgIpc) is 3.28. The third-order valence-electron chi connectivity index (χ3n) is 7.42. The lowest BCUT2D eigenvalue weighted by molar-refractivity contribution is -0.136. The number of amides is 5. The van der Waals surface area contributed by atoms with Crippen LogP contribution < -0.4 is 10.6 Å². The smallest absolute Gasteiger partial charge is 0.324 e. The van der Waals surface area contributed by atoms with Gasteiger partial charge >= 0.3 is 6.03 Å². The minimum Gasteiger partial charge on any atom is -0.325 e. The minimum atomic E-state index is -0.973. The van der Waals surface area contributed by atoms with Crippen LogP contribution in [0.2, 0.25) is 0 Å². The number of nitrogens with zero attached hydrogens (tertiary/aromatic N) is 2. The molecular weight excluding hydrogens is 502 g/mol. The number of imide groups is 1. The molecule has 0 saturated carbocycles. The molecule has 37 heavy (non-hydrogen) atoms. The summed E-state index contributed by atoms with van der Waals surface area (Å²) in [5.41, 5.74) is 1.55. The van der Waals surface area contributed by atoms with Crippen LogP contribution in [0, 0.1) is 11.6 Å². The van der Waals surface area contributed by atoms with E-state index < -0.39 is 39.9 Å². The number of carbonyl (C=O) groups excluding carboxylic acids is 4. The fourth-order valence-electron chi connectivity index (χ4n) is 5.55. The Morgan fingerprint density at radius 2 is 1.76 bits per heavy atom. The van der Waals surface area contributed by atoms with E-state index >= 15 is 0 Å². The predicted molar refractivity (Wildman–Crippen MR) is 134 cm³/mol. The van der Waals surface area contributed by atoms with E-state index in [0.717, 1.165) is 17.2 Å². The quantitative estimate of drug-likeness (QED) is 0.595. The number of carbonyl (C=O) groups is 4. The number of hydrogen-bond acceptors (Lipinski definition) is 5. The van der Waals surface area contributed by atoms with E-state index in [4.69, 9.17) is 0 Å². The molecule has 11 heteroatoms. The lowest BCUT2D eigenvalue weighted by Crippen LogP contribution is -2.52. The second kappa shape index (κ2) is 8.83. The number of nitrogens with one attached hydrogen (secondary N) is 2. The second-order valence-corrected chi connectivity index (χ2v) is 11.9. The number of thioether (sulfide) groups is 1. The molecule has 2 saturated heterocycles. The largest absolute Gasteiger partial charge is 0.325 e. The zero-order chi connectivity index (χ0) is 26.7. The van der Waals surface area contributed by atoms with Crippen molar-refractivity contribution < 1.29 is 28.0 Å². The van der Waals surface area contributed by atoms with Gasteiger partial charge in [-0.3, -0.25) is 19.7 Å². The Labute approximate surface area is 216 Å².